The first kappa shape index (κ1) is 20.6. The molecule has 0 unspecified atom stereocenters. The van der Waals surface area contributed by atoms with E-state index in [4.69, 9.17) is 0 Å². The summed E-state index contributed by atoms with van der Waals surface area (Å²) in [5.41, 5.74) is 2.19. The van der Waals surface area contributed by atoms with Crippen LogP contribution in [0.2, 0.25) is 0 Å². The molecule has 0 spiro atoms. The zero-order chi connectivity index (χ0) is 19.9. The van der Waals surface area contributed by atoms with E-state index >= 15 is 0 Å². The van der Waals surface area contributed by atoms with E-state index < -0.39 is 29.1 Å². The molecule has 0 saturated carbocycles. The Bertz CT molecular complexity index is 792. The van der Waals surface area contributed by atoms with Crippen molar-refractivity contribution in [3.8, 4) is 11.1 Å². The first-order chi connectivity index (χ1) is 11.8. The second-order valence-electron chi connectivity index (χ2n) is 5.87. The molecule has 0 atom stereocenters. The van der Waals surface area contributed by atoms with Crippen LogP contribution in [-0.4, -0.2) is 17.4 Å². The summed E-state index contributed by atoms with van der Waals surface area (Å²) in [5, 5.41) is -5.37. The minimum absolute atomic E-state index is 0.151. The second-order valence-corrected chi connectivity index (χ2v) is 7.03. The highest BCUT2D eigenvalue weighted by atomic mass is 32.2. The topological polar surface area (TPSA) is 0 Å². The van der Waals surface area contributed by atoms with Gasteiger partial charge in [-0.15, -0.1) is 0 Å². The number of alkyl halides is 7. The Labute approximate surface area is 150 Å². The molecule has 0 aliphatic heterocycles. The fourth-order valence-electron chi connectivity index (χ4n) is 2.37. The summed E-state index contributed by atoms with van der Waals surface area (Å²) < 4.78 is 91.6. The van der Waals surface area contributed by atoms with Gasteiger partial charge in [0, 0.05) is 4.90 Å². The van der Waals surface area contributed by atoms with Crippen LogP contribution >= 0.6 is 11.8 Å². The summed E-state index contributed by atoms with van der Waals surface area (Å²) in [6, 6.07) is 10.6. The third-order valence-corrected chi connectivity index (χ3v) is 4.71. The van der Waals surface area contributed by atoms with Crippen LogP contribution in [0, 0.1) is 26.8 Å². The SMILES string of the molecule is Cc1[c]c(C)c(-c2ccc(C)cc2)c(SC(F)(F)C(F)(F)C(F)(F)F)c1. The van der Waals surface area contributed by atoms with Crippen LogP contribution in [-0.2, 0) is 0 Å². The number of halogens is 7. The number of aryl methyl sites for hydroxylation is 3. The molecule has 0 fully saturated rings. The van der Waals surface area contributed by atoms with E-state index in [0.29, 0.717) is 16.7 Å². The molecule has 0 nitrogen and oxygen atoms in total. The van der Waals surface area contributed by atoms with Gasteiger partial charge in [0.1, 0.15) is 0 Å². The van der Waals surface area contributed by atoms with Crippen molar-refractivity contribution in [3.05, 3.63) is 53.1 Å². The lowest BCUT2D eigenvalue weighted by molar-refractivity contribution is -0.330. The Hall–Kier alpha value is -1.70. The Morgan fingerprint density at radius 3 is 1.88 bits per heavy atom. The molecular formula is C18H14F7S. The van der Waals surface area contributed by atoms with E-state index in [0.717, 1.165) is 11.6 Å². The summed E-state index contributed by atoms with van der Waals surface area (Å²) in [5.74, 6) is -6.17. The molecule has 2 aromatic rings. The smallest absolute Gasteiger partial charge is 0.188 e. The molecule has 0 amide bonds. The van der Waals surface area contributed by atoms with Gasteiger partial charge in [0.15, 0.2) is 0 Å². The Morgan fingerprint density at radius 2 is 1.38 bits per heavy atom. The molecule has 0 bridgehead atoms. The zero-order valence-electron chi connectivity index (χ0n) is 13.9. The average Bonchev–Trinajstić information content (AvgIpc) is 2.46. The number of thioether (sulfide) groups is 1. The van der Waals surface area contributed by atoms with Crippen LogP contribution in [0.4, 0.5) is 30.7 Å². The molecule has 8 heteroatoms. The first-order valence-corrected chi connectivity index (χ1v) is 8.20. The highest BCUT2D eigenvalue weighted by Crippen LogP contribution is 2.55. The molecule has 0 N–H and O–H groups in total. The lowest BCUT2D eigenvalue weighted by Crippen LogP contribution is -2.49. The van der Waals surface area contributed by atoms with E-state index in [2.05, 4.69) is 6.07 Å². The molecule has 0 heterocycles. The van der Waals surface area contributed by atoms with Crippen molar-refractivity contribution in [2.45, 2.75) is 43.0 Å². The fraction of sp³-hybridized carbons (Fsp3) is 0.333. The van der Waals surface area contributed by atoms with Crippen LogP contribution in [0.1, 0.15) is 16.7 Å². The van der Waals surface area contributed by atoms with Gasteiger partial charge in [-0.25, -0.2) is 0 Å². The molecule has 0 aromatic heterocycles. The highest BCUT2D eigenvalue weighted by molar-refractivity contribution is 8.00. The minimum atomic E-state index is -6.36. The van der Waals surface area contributed by atoms with Crippen molar-refractivity contribution in [1.29, 1.82) is 0 Å². The maximum atomic E-state index is 13.9. The predicted octanol–water partition coefficient (Wildman–Crippen LogP) is 6.96. The van der Waals surface area contributed by atoms with Gasteiger partial charge in [-0.05, 0) is 66.9 Å². The quantitative estimate of drug-likeness (QED) is 0.398. The predicted molar refractivity (Wildman–Crippen MR) is 86.7 cm³/mol. The highest BCUT2D eigenvalue weighted by Gasteiger charge is 2.73. The van der Waals surface area contributed by atoms with Crippen molar-refractivity contribution < 1.29 is 30.7 Å². The minimum Gasteiger partial charge on any atom is -0.188 e. The Morgan fingerprint density at radius 1 is 0.846 bits per heavy atom. The van der Waals surface area contributed by atoms with E-state index in [1.54, 1.807) is 31.2 Å². The largest absolute Gasteiger partial charge is 0.460 e. The van der Waals surface area contributed by atoms with Gasteiger partial charge in [0.2, 0.25) is 0 Å². The lowest BCUT2D eigenvalue weighted by Gasteiger charge is -2.28. The van der Waals surface area contributed by atoms with E-state index in [1.165, 1.54) is 13.8 Å². The van der Waals surface area contributed by atoms with Crippen molar-refractivity contribution in [2.75, 3.05) is 0 Å². The van der Waals surface area contributed by atoms with Crippen LogP contribution in [0.5, 0.6) is 0 Å². The van der Waals surface area contributed by atoms with Crippen molar-refractivity contribution >= 4 is 11.8 Å². The number of hydrogen-bond donors (Lipinski definition) is 0. The summed E-state index contributed by atoms with van der Waals surface area (Å²) >= 11 is -0.790. The standard InChI is InChI=1S/C18H14F7S/c1-10-4-6-13(7-5-10)15-12(3)8-11(2)9-14(15)26-18(24,25)16(19,20)17(21,22)23/h4-7,9H,1-3H3. The Balaban J connectivity index is 2.58. The molecule has 0 aliphatic carbocycles. The van der Waals surface area contributed by atoms with Gasteiger partial charge in [-0.2, -0.15) is 30.7 Å². The summed E-state index contributed by atoms with van der Waals surface area (Å²) in [6.07, 6.45) is -6.36. The van der Waals surface area contributed by atoms with Gasteiger partial charge in [0.05, 0.1) is 0 Å². The third-order valence-electron chi connectivity index (χ3n) is 3.65. The van der Waals surface area contributed by atoms with Gasteiger partial charge >= 0.3 is 17.4 Å². The lowest BCUT2D eigenvalue weighted by atomic mass is 9.98. The third kappa shape index (κ3) is 3.84. The van der Waals surface area contributed by atoms with Gasteiger partial charge in [-0.1, -0.05) is 29.8 Å². The zero-order valence-corrected chi connectivity index (χ0v) is 14.8. The molecule has 2 aromatic carbocycles. The molecule has 26 heavy (non-hydrogen) atoms. The van der Waals surface area contributed by atoms with Crippen LogP contribution in [0.3, 0.4) is 0 Å². The fourth-order valence-corrected chi connectivity index (χ4v) is 3.50. The van der Waals surface area contributed by atoms with Gasteiger partial charge in [0.25, 0.3) is 0 Å². The molecule has 2 rings (SSSR count). The number of hydrogen-bond acceptors (Lipinski definition) is 1. The summed E-state index contributed by atoms with van der Waals surface area (Å²) in [6.45, 7) is 4.83. The van der Waals surface area contributed by atoms with Crippen molar-refractivity contribution in [1.82, 2.24) is 0 Å². The molecular weight excluding hydrogens is 381 g/mol. The second kappa shape index (κ2) is 6.79. The van der Waals surface area contributed by atoms with Crippen molar-refractivity contribution in [2.24, 2.45) is 0 Å². The molecule has 1 radical (unpaired) electrons. The van der Waals surface area contributed by atoms with Crippen molar-refractivity contribution in [3.63, 3.8) is 0 Å². The van der Waals surface area contributed by atoms with E-state index in [9.17, 15) is 30.7 Å². The van der Waals surface area contributed by atoms with Crippen LogP contribution in [0.25, 0.3) is 11.1 Å². The summed E-state index contributed by atoms with van der Waals surface area (Å²) in [4.78, 5) is -0.364. The molecule has 0 aliphatic rings. The maximum absolute atomic E-state index is 13.9. The van der Waals surface area contributed by atoms with Gasteiger partial charge in [-0.3, -0.25) is 0 Å². The van der Waals surface area contributed by atoms with E-state index in [1.807, 2.05) is 0 Å². The first-order valence-electron chi connectivity index (χ1n) is 7.38. The normalized spacial score (nSPS) is 13.2. The monoisotopic (exact) mass is 395 g/mol. The maximum Gasteiger partial charge on any atom is 0.460 e. The number of rotatable bonds is 4. The van der Waals surface area contributed by atoms with Gasteiger partial charge < -0.3 is 0 Å². The summed E-state index contributed by atoms with van der Waals surface area (Å²) in [7, 11) is 0. The van der Waals surface area contributed by atoms with E-state index in [-0.39, 0.29) is 10.5 Å². The van der Waals surface area contributed by atoms with Crippen LogP contribution < -0.4 is 0 Å². The Kier molecular flexibility index (Phi) is 5.38. The number of benzene rings is 2. The average molecular weight is 395 g/mol. The van der Waals surface area contributed by atoms with Crippen LogP contribution in [0.15, 0.2) is 35.2 Å². The molecule has 0 saturated heterocycles. The molecule has 141 valence electrons.